The molecule has 1 saturated heterocycles. The van der Waals surface area contributed by atoms with Crippen LogP contribution >= 0.6 is 0 Å². The highest BCUT2D eigenvalue weighted by Crippen LogP contribution is 2.22. The summed E-state index contributed by atoms with van der Waals surface area (Å²) in [6.07, 6.45) is 5.31. The number of likely N-dealkylation sites (tertiary alicyclic amines) is 1. The van der Waals surface area contributed by atoms with Crippen molar-refractivity contribution in [3.05, 3.63) is 0 Å². The number of rotatable bonds is 6. The van der Waals surface area contributed by atoms with E-state index in [1.807, 2.05) is 4.90 Å². The first-order chi connectivity index (χ1) is 8.17. The molecule has 0 radical (unpaired) electrons. The van der Waals surface area contributed by atoms with E-state index in [1.165, 1.54) is 12.8 Å². The van der Waals surface area contributed by atoms with Crippen LogP contribution in [0.1, 0.15) is 39.0 Å². The molecule has 1 rings (SSSR count). The number of methoxy groups -OCH3 is 1. The van der Waals surface area contributed by atoms with Crippen molar-refractivity contribution in [2.45, 2.75) is 45.1 Å². The van der Waals surface area contributed by atoms with Crippen LogP contribution in [0.15, 0.2) is 0 Å². The smallest absolute Gasteiger partial charge is 0.222 e. The molecular formula is C13H26N2O2. The second-order valence-corrected chi connectivity index (χ2v) is 5.04. The Morgan fingerprint density at radius 3 is 2.94 bits per heavy atom. The van der Waals surface area contributed by atoms with Crippen LogP contribution < -0.4 is 5.73 Å². The Hall–Kier alpha value is -0.610. The number of nitrogens with two attached hydrogens (primary N) is 1. The zero-order valence-electron chi connectivity index (χ0n) is 11.2. The molecule has 0 aliphatic carbocycles. The van der Waals surface area contributed by atoms with Gasteiger partial charge in [0.05, 0.1) is 6.61 Å². The topological polar surface area (TPSA) is 55.6 Å². The van der Waals surface area contributed by atoms with Crippen molar-refractivity contribution in [3.63, 3.8) is 0 Å². The molecule has 1 fully saturated rings. The molecule has 0 aromatic carbocycles. The molecule has 0 spiro atoms. The van der Waals surface area contributed by atoms with Crippen LogP contribution in [-0.4, -0.2) is 43.7 Å². The van der Waals surface area contributed by atoms with E-state index < -0.39 is 0 Å². The van der Waals surface area contributed by atoms with Gasteiger partial charge in [0.2, 0.25) is 5.91 Å². The fraction of sp³-hybridized carbons (Fsp3) is 0.923. The van der Waals surface area contributed by atoms with Gasteiger partial charge in [-0.25, -0.2) is 0 Å². The lowest BCUT2D eigenvalue weighted by Gasteiger charge is -2.24. The van der Waals surface area contributed by atoms with Gasteiger partial charge < -0.3 is 15.4 Å². The molecular weight excluding hydrogens is 216 g/mol. The maximum Gasteiger partial charge on any atom is 0.222 e. The summed E-state index contributed by atoms with van der Waals surface area (Å²) < 4.78 is 5.01. The molecule has 100 valence electrons. The second-order valence-electron chi connectivity index (χ2n) is 5.04. The Bertz CT molecular complexity index is 233. The molecule has 4 nitrogen and oxygen atoms in total. The minimum Gasteiger partial charge on any atom is -0.383 e. The average Bonchev–Trinajstić information content (AvgIpc) is 2.45. The molecule has 2 atom stereocenters. The van der Waals surface area contributed by atoms with Crippen molar-refractivity contribution in [3.8, 4) is 0 Å². The Kier molecular flexibility index (Phi) is 6.52. The fourth-order valence-corrected chi connectivity index (χ4v) is 2.53. The summed E-state index contributed by atoms with van der Waals surface area (Å²) in [7, 11) is 1.64. The van der Waals surface area contributed by atoms with Crippen LogP contribution in [0, 0.1) is 5.92 Å². The highest BCUT2D eigenvalue weighted by atomic mass is 16.5. The first-order valence-corrected chi connectivity index (χ1v) is 6.69. The third kappa shape index (κ3) is 5.04. The van der Waals surface area contributed by atoms with Crippen molar-refractivity contribution < 1.29 is 9.53 Å². The molecule has 0 saturated carbocycles. The molecule has 0 aromatic rings. The van der Waals surface area contributed by atoms with E-state index in [0.717, 1.165) is 19.4 Å². The van der Waals surface area contributed by atoms with E-state index in [0.29, 0.717) is 25.5 Å². The van der Waals surface area contributed by atoms with E-state index in [4.69, 9.17) is 10.5 Å². The largest absolute Gasteiger partial charge is 0.383 e. The van der Waals surface area contributed by atoms with Crippen molar-refractivity contribution >= 4 is 5.91 Å². The van der Waals surface area contributed by atoms with E-state index in [-0.39, 0.29) is 11.9 Å². The normalized spacial score (nSPS) is 23.6. The molecule has 4 heteroatoms. The van der Waals surface area contributed by atoms with Crippen LogP contribution in [-0.2, 0) is 9.53 Å². The number of carbonyl (C=O) groups excluding carboxylic acids is 1. The number of ether oxygens (including phenoxy) is 1. The number of carbonyl (C=O) groups is 1. The van der Waals surface area contributed by atoms with Gasteiger partial charge in [-0.2, -0.15) is 0 Å². The van der Waals surface area contributed by atoms with E-state index in [9.17, 15) is 4.79 Å². The highest BCUT2D eigenvalue weighted by molar-refractivity contribution is 5.76. The number of nitrogens with zero attached hydrogens (tertiary/aromatic N) is 1. The van der Waals surface area contributed by atoms with Gasteiger partial charge in [-0.15, -0.1) is 0 Å². The minimum absolute atomic E-state index is 0.0633. The molecule has 0 aromatic heterocycles. The van der Waals surface area contributed by atoms with Gasteiger partial charge in [0, 0.05) is 32.7 Å². The van der Waals surface area contributed by atoms with Gasteiger partial charge in [-0.1, -0.05) is 19.8 Å². The van der Waals surface area contributed by atoms with Gasteiger partial charge in [0.25, 0.3) is 0 Å². The van der Waals surface area contributed by atoms with Crippen LogP contribution in [0.5, 0.6) is 0 Å². The summed E-state index contributed by atoms with van der Waals surface area (Å²) in [5, 5.41) is 0. The monoisotopic (exact) mass is 242 g/mol. The summed E-state index contributed by atoms with van der Waals surface area (Å²) in [6, 6.07) is -0.0633. The maximum atomic E-state index is 11.9. The zero-order valence-corrected chi connectivity index (χ0v) is 11.2. The van der Waals surface area contributed by atoms with Crippen LogP contribution in [0.2, 0.25) is 0 Å². The van der Waals surface area contributed by atoms with Gasteiger partial charge in [-0.05, 0) is 18.8 Å². The van der Waals surface area contributed by atoms with Crippen LogP contribution in [0.25, 0.3) is 0 Å². The molecule has 1 aliphatic heterocycles. The fourth-order valence-electron chi connectivity index (χ4n) is 2.53. The number of amides is 1. The molecule has 2 N–H and O–H groups in total. The molecule has 17 heavy (non-hydrogen) atoms. The van der Waals surface area contributed by atoms with Crippen molar-refractivity contribution in [2.24, 2.45) is 11.7 Å². The van der Waals surface area contributed by atoms with E-state index >= 15 is 0 Å². The van der Waals surface area contributed by atoms with Crippen molar-refractivity contribution in [1.82, 2.24) is 4.90 Å². The first kappa shape index (κ1) is 14.5. The van der Waals surface area contributed by atoms with Crippen molar-refractivity contribution in [1.29, 1.82) is 0 Å². The Morgan fingerprint density at radius 2 is 2.29 bits per heavy atom. The lowest BCUT2D eigenvalue weighted by Crippen LogP contribution is -2.43. The summed E-state index contributed by atoms with van der Waals surface area (Å²) >= 11 is 0. The third-order valence-electron chi connectivity index (χ3n) is 3.46. The molecule has 1 amide bonds. The molecule has 1 aliphatic rings. The van der Waals surface area contributed by atoms with Gasteiger partial charge >= 0.3 is 0 Å². The Balaban J connectivity index is 2.41. The summed E-state index contributed by atoms with van der Waals surface area (Å²) in [5.74, 6) is 0.975. The van der Waals surface area contributed by atoms with Gasteiger partial charge in [-0.3, -0.25) is 4.79 Å². The summed E-state index contributed by atoms with van der Waals surface area (Å²) in [5.41, 5.74) is 5.90. The second kappa shape index (κ2) is 7.67. The minimum atomic E-state index is -0.0633. The highest BCUT2D eigenvalue weighted by Gasteiger charge is 2.23. The Morgan fingerprint density at radius 1 is 1.53 bits per heavy atom. The van der Waals surface area contributed by atoms with Crippen LogP contribution in [0.3, 0.4) is 0 Å². The summed E-state index contributed by atoms with van der Waals surface area (Å²) in [4.78, 5) is 13.8. The predicted octanol–water partition coefficient (Wildman–Crippen LogP) is 1.39. The average molecular weight is 242 g/mol. The number of hydrogen-bond acceptors (Lipinski definition) is 3. The maximum absolute atomic E-state index is 11.9. The standard InChI is InChI=1S/C13H26N2O2/c1-3-4-11-5-6-13(16)15(8-7-11)9-12(14)10-17-2/h11-12H,3-10,14H2,1-2H3. The number of hydrogen-bond donors (Lipinski definition) is 1. The lowest BCUT2D eigenvalue weighted by molar-refractivity contribution is -0.131. The molecule has 1 heterocycles. The lowest BCUT2D eigenvalue weighted by atomic mass is 9.96. The summed E-state index contributed by atoms with van der Waals surface area (Å²) in [6.45, 7) is 4.22. The van der Waals surface area contributed by atoms with E-state index in [2.05, 4.69) is 6.92 Å². The zero-order chi connectivity index (χ0) is 12.7. The SMILES string of the molecule is CCCC1CCC(=O)N(CC(N)COC)CC1. The van der Waals surface area contributed by atoms with E-state index in [1.54, 1.807) is 7.11 Å². The van der Waals surface area contributed by atoms with Gasteiger partial charge in [0.15, 0.2) is 0 Å². The third-order valence-corrected chi connectivity index (χ3v) is 3.46. The predicted molar refractivity (Wildman–Crippen MR) is 68.7 cm³/mol. The van der Waals surface area contributed by atoms with Crippen molar-refractivity contribution in [2.75, 3.05) is 26.8 Å². The quantitative estimate of drug-likeness (QED) is 0.765. The molecule has 2 unspecified atom stereocenters. The van der Waals surface area contributed by atoms with Crippen LogP contribution in [0.4, 0.5) is 0 Å². The van der Waals surface area contributed by atoms with Gasteiger partial charge in [0.1, 0.15) is 0 Å². The molecule has 0 bridgehead atoms. The first-order valence-electron chi connectivity index (χ1n) is 6.69. The Labute approximate surface area is 104 Å².